The third-order valence-electron chi connectivity index (χ3n) is 4.12. The summed E-state index contributed by atoms with van der Waals surface area (Å²) in [6.07, 6.45) is 4.46. The number of thiophene rings is 1. The zero-order chi connectivity index (χ0) is 16.9. The molecule has 1 aliphatic carbocycles. The predicted molar refractivity (Wildman–Crippen MR) is 101 cm³/mol. The van der Waals surface area contributed by atoms with E-state index in [4.69, 9.17) is 0 Å². The number of hydrogen-bond acceptors (Lipinski definition) is 4. The SMILES string of the molecule is Cc1ccc(SCCCC(=O)Nc2sc3c(c2C#N)CCC3)cc1. The standard InChI is InChI=1S/C19H20N2OS2/c1-13-7-9-14(10-8-13)23-11-3-6-18(22)21-19-16(12-20)15-4-2-5-17(15)24-19/h7-10H,2-6,11H2,1H3,(H,21,22). The van der Waals surface area contributed by atoms with Crippen molar-refractivity contribution in [2.75, 3.05) is 11.1 Å². The average Bonchev–Trinajstić information content (AvgIpc) is 3.13. The lowest BCUT2D eigenvalue weighted by Crippen LogP contribution is -2.11. The molecule has 3 nitrogen and oxygen atoms in total. The molecule has 1 heterocycles. The Bertz CT molecular complexity index is 772. The number of hydrogen-bond donors (Lipinski definition) is 1. The van der Waals surface area contributed by atoms with Crippen LogP contribution >= 0.6 is 23.1 Å². The van der Waals surface area contributed by atoms with E-state index < -0.39 is 0 Å². The van der Waals surface area contributed by atoms with E-state index >= 15 is 0 Å². The van der Waals surface area contributed by atoms with Crippen molar-refractivity contribution >= 4 is 34.0 Å². The van der Waals surface area contributed by atoms with E-state index in [2.05, 4.69) is 42.6 Å². The van der Waals surface area contributed by atoms with E-state index in [1.54, 1.807) is 23.1 Å². The van der Waals surface area contributed by atoms with Crippen LogP contribution in [0.3, 0.4) is 0 Å². The molecular weight excluding hydrogens is 336 g/mol. The van der Waals surface area contributed by atoms with E-state index in [0.29, 0.717) is 12.0 Å². The number of nitrogens with one attached hydrogen (secondary N) is 1. The maximum Gasteiger partial charge on any atom is 0.225 e. The lowest BCUT2D eigenvalue weighted by atomic mass is 10.1. The quantitative estimate of drug-likeness (QED) is 0.590. The number of aryl methyl sites for hydroxylation is 2. The van der Waals surface area contributed by atoms with Gasteiger partial charge in [-0.25, -0.2) is 0 Å². The number of fused-ring (bicyclic) bond motifs is 1. The summed E-state index contributed by atoms with van der Waals surface area (Å²) in [5.41, 5.74) is 3.11. The Balaban J connectivity index is 1.46. The number of amides is 1. The maximum atomic E-state index is 12.1. The molecule has 24 heavy (non-hydrogen) atoms. The topological polar surface area (TPSA) is 52.9 Å². The van der Waals surface area contributed by atoms with Gasteiger partial charge < -0.3 is 5.32 Å². The van der Waals surface area contributed by atoms with E-state index in [-0.39, 0.29) is 5.91 Å². The molecule has 5 heteroatoms. The average molecular weight is 357 g/mol. The third-order valence-corrected chi connectivity index (χ3v) is 6.43. The molecule has 0 radical (unpaired) electrons. The number of carbonyl (C=O) groups excluding carboxylic acids is 1. The fourth-order valence-electron chi connectivity index (χ4n) is 2.86. The van der Waals surface area contributed by atoms with Crippen LogP contribution in [0.5, 0.6) is 0 Å². The molecule has 1 aliphatic rings. The van der Waals surface area contributed by atoms with Crippen LogP contribution in [-0.2, 0) is 17.6 Å². The normalized spacial score (nSPS) is 12.7. The van der Waals surface area contributed by atoms with E-state index in [1.807, 2.05) is 0 Å². The highest BCUT2D eigenvalue weighted by Crippen LogP contribution is 2.38. The zero-order valence-corrected chi connectivity index (χ0v) is 15.4. The van der Waals surface area contributed by atoms with Crippen molar-refractivity contribution in [3.63, 3.8) is 0 Å². The Morgan fingerprint density at radius 2 is 2.12 bits per heavy atom. The monoisotopic (exact) mass is 356 g/mol. The molecule has 0 atom stereocenters. The number of rotatable bonds is 6. The van der Waals surface area contributed by atoms with Gasteiger partial charge in [-0.05, 0) is 56.1 Å². The van der Waals surface area contributed by atoms with Gasteiger partial charge in [0.25, 0.3) is 0 Å². The Kier molecular flexibility index (Phi) is 5.60. The van der Waals surface area contributed by atoms with E-state index in [1.165, 1.54) is 15.3 Å². The van der Waals surface area contributed by atoms with Crippen molar-refractivity contribution < 1.29 is 4.79 Å². The van der Waals surface area contributed by atoms with E-state index in [0.717, 1.165) is 42.0 Å². The summed E-state index contributed by atoms with van der Waals surface area (Å²) >= 11 is 3.35. The fourth-order valence-corrected chi connectivity index (χ4v) is 4.97. The molecule has 0 spiro atoms. The lowest BCUT2D eigenvalue weighted by Gasteiger charge is -2.05. The Hall–Kier alpha value is -1.77. The molecular formula is C19H20N2OS2. The first-order chi connectivity index (χ1) is 11.7. The van der Waals surface area contributed by atoms with Crippen molar-refractivity contribution in [3.8, 4) is 6.07 Å². The van der Waals surface area contributed by atoms with Crippen LogP contribution in [0, 0.1) is 18.3 Å². The van der Waals surface area contributed by atoms with Crippen molar-refractivity contribution in [2.45, 2.75) is 43.9 Å². The lowest BCUT2D eigenvalue weighted by molar-refractivity contribution is -0.116. The summed E-state index contributed by atoms with van der Waals surface area (Å²) in [5, 5.41) is 13.0. The van der Waals surface area contributed by atoms with Crippen LogP contribution in [0.1, 0.15) is 40.8 Å². The van der Waals surface area contributed by atoms with Gasteiger partial charge in [0.05, 0.1) is 5.56 Å². The Morgan fingerprint density at radius 3 is 2.88 bits per heavy atom. The molecule has 1 amide bonds. The van der Waals surface area contributed by atoms with Gasteiger partial charge in [0, 0.05) is 16.2 Å². The van der Waals surface area contributed by atoms with Crippen LogP contribution in [-0.4, -0.2) is 11.7 Å². The molecule has 2 aromatic rings. The molecule has 1 aromatic carbocycles. The second-order valence-electron chi connectivity index (χ2n) is 5.99. The summed E-state index contributed by atoms with van der Waals surface area (Å²) in [4.78, 5) is 14.7. The molecule has 124 valence electrons. The van der Waals surface area contributed by atoms with E-state index in [9.17, 15) is 10.1 Å². The first-order valence-electron chi connectivity index (χ1n) is 8.21. The Labute approximate surface area is 151 Å². The van der Waals surface area contributed by atoms with Gasteiger partial charge in [-0.15, -0.1) is 23.1 Å². The highest BCUT2D eigenvalue weighted by molar-refractivity contribution is 7.99. The van der Waals surface area contributed by atoms with Crippen molar-refractivity contribution in [3.05, 3.63) is 45.8 Å². The first kappa shape index (κ1) is 17.1. The first-order valence-corrected chi connectivity index (χ1v) is 10.0. The van der Waals surface area contributed by atoms with Crippen LogP contribution in [0.4, 0.5) is 5.00 Å². The van der Waals surface area contributed by atoms with Crippen molar-refractivity contribution in [1.82, 2.24) is 0 Å². The molecule has 0 aliphatic heterocycles. The van der Waals surface area contributed by atoms with Gasteiger partial charge in [-0.3, -0.25) is 4.79 Å². The van der Waals surface area contributed by atoms with Crippen molar-refractivity contribution in [2.24, 2.45) is 0 Å². The van der Waals surface area contributed by atoms with Gasteiger partial charge in [0.15, 0.2) is 0 Å². The molecule has 0 fully saturated rings. The van der Waals surface area contributed by atoms with Crippen LogP contribution < -0.4 is 5.32 Å². The largest absolute Gasteiger partial charge is 0.317 e. The summed E-state index contributed by atoms with van der Waals surface area (Å²) in [7, 11) is 0. The molecule has 1 N–H and O–H groups in total. The summed E-state index contributed by atoms with van der Waals surface area (Å²) < 4.78 is 0. The minimum absolute atomic E-state index is 0.0101. The zero-order valence-electron chi connectivity index (χ0n) is 13.7. The van der Waals surface area contributed by atoms with Crippen LogP contribution in [0.25, 0.3) is 0 Å². The highest BCUT2D eigenvalue weighted by Gasteiger charge is 2.22. The minimum atomic E-state index is 0.0101. The van der Waals surface area contributed by atoms with Gasteiger partial charge >= 0.3 is 0 Å². The second kappa shape index (κ2) is 7.87. The maximum absolute atomic E-state index is 12.1. The summed E-state index contributed by atoms with van der Waals surface area (Å²) in [6, 6.07) is 10.7. The van der Waals surface area contributed by atoms with Crippen LogP contribution in [0.2, 0.25) is 0 Å². The number of carbonyl (C=O) groups is 1. The molecule has 0 saturated carbocycles. The van der Waals surface area contributed by atoms with Gasteiger partial charge in [-0.1, -0.05) is 17.7 Å². The Morgan fingerprint density at radius 1 is 1.33 bits per heavy atom. The second-order valence-corrected chi connectivity index (χ2v) is 8.26. The molecule has 0 unspecified atom stereocenters. The predicted octanol–water partition coefficient (Wildman–Crippen LogP) is 4.93. The number of benzene rings is 1. The highest BCUT2D eigenvalue weighted by atomic mass is 32.2. The molecule has 0 saturated heterocycles. The number of nitrogens with zero attached hydrogens (tertiary/aromatic N) is 1. The number of anilines is 1. The number of nitriles is 1. The molecule has 3 rings (SSSR count). The van der Waals surface area contributed by atoms with Gasteiger partial charge in [-0.2, -0.15) is 5.26 Å². The van der Waals surface area contributed by atoms with Gasteiger partial charge in [0.2, 0.25) is 5.91 Å². The van der Waals surface area contributed by atoms with Crippen LogP contribution in [0.15, 0.2) is 29.2 Å². The summed E-state index contributed by atoms with van der Waals surface area (Å²) in [5.74, 6) is 0.929. The third kappa shape index (κ3) is 4.00. The fraction of sp³-hybridized carbons (Fsp3) is 0.368. The number of thioether (sulfide) groups is 1. The van der Waals surface area contributed by atoms with Gasteiger partial charge in [0.1, 0.15) is 11.1 Å². The molecule has 0 bridgehead atoms. The minimum Gasteiger partial charge on any atom is -0.317 e. The summed E-state index contributed by atoms with van der Waals surface area (Å²) in [6.45, 7) is 2.08. The smallest absolute Gasteiger partial charge is 0.225 e. The van der Waals surface area contributed by atoms with Crippen molar-refractivity contribution in [1.29, 1.82) is 5.26 Å². The molecule has 1 aromatic heterocycles.